The third kappa shape index (κ3) is 3.22. The van der Waals surface area contributed by atoms with Gasteiger partial charge in [-0.05, 0) is 25.8 Å². The van der Waals surface area contributed by atoms with E-state index in [2.05, 4.69) is 25.2 Å². The van der Waals surface area contributed by atoms with Crippen LogP contribution in [0.5, 0.6) is 0 Å². The summed E-state index contributed by atoms with van der Waals surface area (Å²) in [4.78, 5) is 31.4. The van der Waals surface area contributed by atoms with Crippen LogP contribution < -0.4 is 10.2 Å². The molecular weight excluding hydrogens is 330 g/mol. The molecule has 4 heterocycles. The number of carbonyl (C=O) groups excluding carboxylic acids is 1. The molecule has 4 rings (SSSR count). The summed E-state index contributed by atoms with van der Waals surface area (Å²) in [5.41, 5.74) is 2.51. The maximum absolute atomic E-state index is 11.3. The zero-order valence-corrected chi connectivity index (χ0v) is 14.9. The number of piperidine rings is 1. The van der Waals surface area contributed by atoms with Crippen LogP contribution in [0.15, 0.2) is 30.9 Å². The van der Waals surface area contributed by atoms with Gasteiger partial charge in [-0.15, -0.1) is 0 Å². The number of fused-ring (bicyclic) bond motifs is 1. The summed E-state index contributed by atoms with van der Waals surface area (Å²) in [6.45, 7) is 5.18. The van der Waals surface area contributed by atoms with Crippen molar-refractivity contribution in [2.75, 3.05) is 18.0 Å². The Labute approximate surface area is 151 Å². The Morgan fingerprint density at radius 1 is 1.27 bits per heavy atom. The van der Waals surface area contributed by atoms with Crippen molar-refractivity contribution in [1.82, 2.24) is 29.7 Å². The second-order valence-electron chi connectivity index (χ2n) is 6.62. The van der Waals surface area contributed by atoms with E-state index in [4.69, 9.17) is 4.98 Å². The number of nitrogens with zero attached hydrogens (tertiary/aromatic N) is 6. The molecule has 1 fully saturated rings. The third-order valence-electron chi connectivity index (χ3n) is 4.55. The molecule has 8 nitrogen and oxygen atoms in total. The molecule has 3 aromatic heterocycles. The van der Waals surface area contributed by atoms with E-state index in [1.165, 1.54) is 0 Å². The fourth-order valence-electron chi connectivity index (χ4n) is 3.39. The minimum Gasteiger partial charge on any atom is -0.354 e. The van der Waals surface area contributed by atoms with Crippen molar-refractivity contribution in [1.29, 1.82) is 0 Å². The average Bonchev–Trinajstić information content (AvgIpc) is 3.04. The highest BCUT2D eigenvalue weighted by Gasteiger charge is 2.22. The standard InChI is InChI=1S/C18H21N7O/c1-12-10-25-15(8-21-17(25)9-20-12)18-19-6-5-16(23-18)24-7-3-4-14(11-24)22-13(2)26/h5-6,8-10,14H,3-4,7,11H2,1-2H3,(H,22,26). The number of aromatic nitrogens is 5. The molecule has 1 aliphatic heterocycles. The molecule has 1 aliphatic rings. The van der Waals surface area contributed by atoms with Gasteiger partial charge in [0.1, 0.15) is 11.5 Å². The van der Waals surface area contributed by atoms with E-state index in [0.717, 1.165) is 48.8 Å². The molecule has 8 heteroatoms. The lowest BCUT2D eigenvalue weighted by molar-refractivity contribution is -0.119. The number of aryl methyl sites for hydroxylation is 1. The zero-order valence-electron chi connectivity index (χ0n) is 14.9. The van der Waals surface area contributed by atoms with Crippen molar-refractivity contribution in [3.8, 4) is 11.5 Å². The van der Waals surface area contributed by atoms with E-state index in [-0.39, 0.29) is 11.9 Å². The second kappa shape index (κ2) is 6.70. The summed E-state index contributed by atoms with van der Waals surface area (Å²) >= 11 is 0. The summed E-state index contributed by atoms with van der Waals surface area (Å²) in [5, 5.41) is 3.01. The fourth-order valence-corrected chi connectivity index (χ4v) is 3.39. The highest BCUT2D eigenvalue weighted by molar-refractivity contribution is 5.73. The number of hydrogen-bond donors (Lipinski definition) is 1. The van der Waals surface area contributed by atoms with Crippen molar-refractivity contribution in [3.05, 3.63) is 36.5 Å². The Bertz CT molecular complexity index is 952. The van der Waals surface area contributed by atoms with E-state index in [9.17, 15) is 4.79 Å². The van der Waals surface area contributed by atoms with Crippen molar-refractivity contribution in [2.24, 2.45) is 0 Å². The van der Waals surface area contributed by atoms with Gasteiger partial charge in [-0.1, -0.05) is 0 Å². The highest BCUT2D eigenvalue weighted by atomic mass is 16.1. The van der Waals surface area contributed by atoms with E-state index >= 15 is 0 Å². The SMILES string of the molecule is CC(=O)NC1CCCN(c2ccnc(-c3cnc4cnc(C)cn34)n2)C1. The van der Waals surface area contributed by atoms with Crippen molar-refractivity contribution in [2.45, 2.75) is 32.7 Å². The van der Waals surface area contributed by atoms with Crippen LogP contribution in [0.25, 0.3) is 17.2 Å². The molecule has 1 atom stereocenters. The van der Waals surface area contributed by atoms with Crippen LogP contribution in [0.4, 0.5) is 5.82 Å². The van der Waals surface area contributed by atoms with Gasteiger partial charge in [0.15, 0.2) is 11.5 Å². The largest absolute Gasteiger partial charge is 0.354 e. The Balaban J connectivity index is 1.64. The monoisotopic (exact) mass is 351 g/mol. The van der Waals surface area contributed by atoms with Gasteiger partial charge in [-0.25, -0.2) is 15.0 Å². The maximum Gasteiger partial charge on any atom is 0.217 e. The molecule has 1 N–H and O–H groups in total. The molecule has 26 heavy (non-hydrogen) atoms. The fraction of sp³-hybridized carbons (Fsp3) is 0.389. The molecule has 0 radical (unpaired) electrons. The minimum absolute atomic E-state index is 0.00920. The zero-order chi connectivity index (χ0) is 18.1. The van der Waals surface area contributed by atoms with Crippen molar-refractivity contribution < 1.29 is 4.79 Å². The Hall–Kier alpha value is -3.03. The lowest BCUT2D eigenvalue weighted by Gasteiger charge is -2.33. The van der Waals surface area contributed by atoms with Gasteiger partial charge < -0.3 is 10.2 Å². The first-order valence-electron chi connectivity index (χ1n) is 8.75. The predicted octanol–water partition coefficient (Wildman–Crippen LogP) is 1.60. The van der Waals surface area contributed by atoms with Crippen molar-refractivity contribution in [3.63, 3.8) is 0 Å². The van der Waals surface area contributed by atoms with E-state index < -0.39 is 0 Å². The van der Waals surface area contributed by atoms with Gasteiger partial charge in [-0.3, -0.25) is 14.2 Å². The van der Waals surface area contributed by atoms with Gasteiger partial charge in [0.2, 0.25) is 5.91 Å². The molecule has 3 aromatic rings. The second-order valence-corrected chi connectivity index (χ2v) is 6.62. The lowest BCUT2D eigenvalue weighted by atomic mass is 10.1. The molecule has 0 bridgehead atoms. The Kier molecular flexibility index (Phi) is 4.24. The van der Waals surface area contributed by atoms with Crippen LogP contribution in [-0.4, -0.2) is 49.4 Å². The maximum atomic E-state index is 11.3. The first-order chi connectivity index (χ1) is 12.6. The van der Waals surface area contributed by atoms with Crippen LogP contribution in [0.3, 0.4) is 0 Å². The van der Waals surface area contributed by atoms with Crippen LogP contribution >= 0.6 is 0 Å². The summed E-state index contributed by atoms with van der Waals surface area (Å²) in [7, 11) is 0. The minimum atomic E-state index is 0.00920. The number of imidazole rings is 1. The van der Waals surface area contributed by atoms with Gasteiger partial charge in [-0.2, -0.15) is 0 Å². The van der Waals surface area contributed by atoms with Crippen molar-refractivity contribution >= 4 is 17.4 Å². The Morgan fingerprint density at radius 3 is 3.00 bits per heavy atom. The van der Waals surface area contributed by atoms with E-state index in [1.54, 1.807) is 25.5 Å². The predicted molar refractivity (Wildman–Crippen MR) is 97.8 cm³/mol. The third-order valence-corrected chi connectivity index (χ3v) is 4.55. The quantitative estimate of drug-likeness (QED) is 0.771. The molecule has 0 aromatic carbocycles. The summed E-state index contributed by atoms with van der Waals surface area (Å²) in [6, 6.07) is 2.07. The number of hydrogen-bond acceptors (Lipinski definition) is 6. The molecule has 0 aliphatic carbocycles. The smallest absolute Gasteiger partial charge is 0.217 e. The number of amides is 1. The molecule has 0 spiro atoms. The van der Waals surface area contributed by atoms with Gasteiger partial charge in [0.05, 0.1) is 18.1 Å². The topological polar surface area (TPSA) is 88.3 Å². The molecule has 0 saturated carbocycles. The molecule has 134 valence electrons. The molecule has 1 saturated heterocycles. The number of nitrogens with one attached hydrogen (secondary N) is 1. The van der Waals surface area contributed by atoms with Gasteiger partial charge in [0.25, 0.3) is 0 Å². The first-order valence-corrected chi connectivity index (χ1v) is 8.75. The normalized spacial score (nSPS) is 17.5. The molecule has 1 amide bonds. The van der Waals surface area contributed by atoms with Crippen LogP contribution in [0, 0.1) is 6.92 Å². The van der Waals surface area contributed by atoms with E-state index in [1.807, 2.05) is 23.6 Å². The molecular formula is C18H21N7O. The van der Waals surface area contributed by atoms with E-state index in [0.29, 0.717) is 5.82 Å². The highest BCUT2D eigenvalue weighted by Crippen LogP contribution is 2.22. The number of anilines is 1. The van der Waals surface area contributed by atoms with Gasteiger partial charge >= 0.3 is 0 Å². The van der Waals surface area contributed by atoms with Gasteiger partial charge in [0, 0.05) is 38.4 Å². The summed E-state index contributed by atoms with van der Waals surface area (Å²) in [5.74, 6) is 1.50. The summed E-state index contributed by atoms with van der Waals surface area (Å²) in [6.07, 6.45) is 9.23. The van der Waals surface area contributed by atoms with Crippen LogP contribution in [-0.2, 0) is 4.79 Å². The molecule has 1 unspecified atom stereocenters. The number of rotatable bonds is 3. The summed E-state index contributed by atoms with van der Waals surface area (Å²) < 4.78 is 1.96. The first kappa shape index (κ1) is 16.4. The van der Waals surface area contributed by atoms with Crippen LogP contribution in [0.1, 0.15) is 25.5 Å². The lowest BCUT2D eigenvalue weighted by Crippen LogP contribution is -2.47. The average molecular weight is 351 g/mol. The Morgan fingerprint density at radius 2 is 2.15 bits per heavy atom. The number of carbonyl (C=O) groups is 1. The van der Waals surface area contributed by atoms with Crippen LogP contribution in [0.2, 0.25) is 0 Å².